The normalized spacial score (nSPS) is 20.8. The molecule has 1 aromatic carbocycles. The van der Waals surface area contributed by atoms with Crippen molar-refractivity contribution in [3.05, 3.63) is 30.1 Å². The van der Waals surface area contributed by atoms with Crippen LogP contribution in [0.1, 0.15) is 51.4 Å². The van der Waals surface area contributed by atoms with Crippen molar-refractivity contribution in [2.75, 3.05) is 0 Å². The molecule has 25 heavy (non-hydrogen) atoms. The van der Waals surface area contributed by atoms with Crippen LogP contribution in [0.2, 0.25) is 0 Å². The lowest BCUT2D eigenvalue weighted by Crippen LogP contribution is -2.35. The summed E-state index contributed by atoms with van der Waals surface area (Å²) in [6, 6.07) is 8.05. The van der Waals surface area contributed by atoms with Crippen LogP contribution in [0.5, 0.6) is 0 Å². The van der Waals surface area contributed by atoms with Gasteiger partial charge < -0.3 is 16.0 Å². The van der Waals surface area contributed by atoms with E-state index in [9.17, 15) is 4.79 Å². The summed E-state index contributed by atoms with van der Waals surface area (Å²) in [5.74, 6) is 1.47. The summed E-state index contributed by atoms with van der Waals surface area (Å²) in [4.78, 5) is 20.6. The maximum atomic E-state index is 12.6. The minimum atomic E-state index is -0.0771. The van der Waals surface area contributed by atoms with Gasteiger partial charge in [0, 0.05) is 12.0 Å². The van der Waals surface area contributed by atoms with Crippen LogP contribution in [0.4, 0.5) is 0 Å². The molecule has 2 aromatic rings. The fourth-order valence-electron chi connectivity index (χ4n) is 3.39. The highest BCUT2D eigenvalue weighted by molar-refractivity contribution is 5.85. The van der Waals surface area contributed by atoms with E-state index in [0.717, 1.165) is 42.5 Å². The summed E-state index contributed by atoms with van der Waals surface area (Å²) in [7, 11) is 0. The molecule has 0 aliphatic heterocycles. The number of nitrogens with two attached hydrogens (primary N) is 1. The highest BCUT2D eigenvalue weighted by Crippen LogP contribution is 2.27. The Labute approximate surface area is 161 Å². The first-order valence-corrected chi connectivity index (χ1v) is 8.53. The van der Waals surface area contributed by atoms with Gasteiger partial charge in [-0.25, -0.2) is 4.98 Å². The van der Waals surface area contributed by atoms with E-state index in [4.69, 9.17) is 5.73 Å². The van der Waals surface area contributed by atoms with Crippen LogP contribution in [0.15, 0.2) is 24.3 Å². The number of aromatic nitrogens is 2. The number of H-pyrrole nitrogens is 1. The lowest BCUT2D eigenvalue weighted by atomic mass is 10.0. The molecule has 3 unspecified atom stereocenters. The average molecular weight is 387 g/mol. The zero-order valence-corrected chi connectivity index (χ0v) is 16.3. The number of nitrogens with zero attached hydrogens (tertiary/aromatic N) is 1. The van der Waals surface area contributed by atoms with Crippen molar-refractivity contribution in [1.82, 2.24) is 15.3 Å². The number of carbonyl (C=O) groups excluding carboxylic acids is 1. The van der Waals surface area contributed by atoms with Crippen LogP contribution >= 0.6 is 24.8 Å². The van der Waals surface area contributed by atoms with Gasteiger partial charge in [0.1, 0.15) is 5.82 Å². The first-order chi connectivity index (χ1) is 11.0. The number of aromatic amines is 1. The molecule has 3 rings (SSSR count). The van der Waals surface area contributed by atoms with Gasteiger partial charge in [-0.3, -0.25) is 4.79 Å². The van der Waals surface area contributed by atoms with Crippen molar-refractivity contribution in [3.63, 3.8) is 0 Å². The molecule has 7 heteroatoms. The molecule has 1 amide bonds. The van der Waals surface area contributed by atoms with Crippen LogP contribution < -0.4 is 11.1 Å². The third-order valence-corrected chi connectivity index (χ3v) is 4.61. The van der Waals surface area contributed by atoms with E-state index in [0.29, 0.717) is 5.92 Å². The third-order valence-electron chi connectivity index (χ3n) is 4.61. The van der Waals surface area contributed by atoms with E-state index in [2.05, 4.69) is 29.1 Å². The van der Waals surface area contributed by atoms with Gasteiger partial charge in [0.15, 0.2) is 0 Å². The quantitative estimate of drug-likeness (QED) is 0.731. The Kier molecular flexibility index (Phi) is 8.19. The SMILES string of the molecule is CC(C)CC(NC(=O)C1CCC(N)C1)c1nc2ccccc2[nH]1.Cl.Cl. The average Bonchev–Trinajstić information content (AvgIpc) is 3.11. The van der Waals surface area contributed by atoms with E-state index in [1.165, 1.54) is 0 Å². The number of rotatable bonds is 5. The van der Waals surface area contributed by atoms with Crippen molar-refractivity contribution in [3.8, 4) is 0 Å². The largest absolute Gasteiger partial charge is 0.346 e. The molecule has 1 heterocycles. The van der Waals surface area contributed by atoms with Crippen LogP contribution in [-0.4, -0.2) is 21.9 Å². The van der Waals surface area contributed by atoms with Crippen molar-refractivity contribution in [2.24, 2.45) is 17.6 Å². The minimum Gasteiger partial charge on any atom is -0.346 e. The number of halogens is 2. The van der Waals surface area contributed by atoms with Crippen molar-refractivity contribution >= 4 is 41.8 Å². The predicted octanol–water partition coefficient (Wildman–Crippen LogP) is 3.74. The first-order valence-electron chi connectivity index (χ1n) is 8.53. The summed E-state index contributed by atoms with van der Waals surface area (Å²) in [5.41, 5.74) is 7.88. The van der Waals surface area contributed by atoms with Crippen LogP contribution in [-0.2, 0) is 4.79 Å². The number of para-hydroxylation sites is 2. The molecule has 1 aliphatic rings. The zero-order valence-electron chi connectivity index (χ0n) is 14.7. The molecule has 1 saturated carbocycles. The molecule has 1 aliphatic carbocycles. The molecule has 140 valence electrons. The van der Waals surface area contributed by atoms with Gasteiger partial charge in [0.25, 0.3) is 0 Å². The Bertz CT molecular complexity index is 656. The molecular formula is C18H28Cl2N4O. The molecule has 3 atom stereocenters. The van der Waals surface area contributed by atoms with Crippen molar-refractivity contribution in [1.29, 1.82) is 0 Å². The van der Waals surface area contributed by atoms with Crippen LogP contribution in [0, 0.1) is 11.8 Å². The zero-order chi connectivity index (χ0) is 16.4. The smallest absolute Gasteiger partial charge is 0.223 e. The predicted molar refractivity (Wildman–Crippen MR) is 106 cm³/mol. The van der Waals surface area contributed by atoms with E-state index < -0.39 is 0 Å². The molecule has 0 radical (unpaired) electrons. The Morgan fingerprint density at radius 2 is 2.04 bits per heavy atom. The topological polar surface area (TPSA) is 83.8 Å². The van der Waals surface area contributed by atoms with Crippen molar-refractivity contribution < 1.29 is 4.79 Å². The summed E-state index contributed by atoms with van der Waals surface area (Å²) in [6.45, 7) is 4.32. The number of nitrogens with one attached hydrogen (secondary N) is 2. The van der Waals surface area contributed by atoms with Crippen LogP contribution in [0.3, 0.4) is 0 Å². The monoisotopic (exact) mass is 386 g/mol. The first kappa shape index (κ1) is 21.7. The van der Waals surface area contributed by atoms with Gasteiger partial charge in [-0.15, -0.1) is 24.8 Å². The molecule has 5 nitrogen and oxygen atoms in total. The van der Waals surface area contributed by atoms with Crippen LogP contribution in [0.25, 0.3) is 11.0 Å². The molecule has 0 saturated heterocycles. The molecule has 0 spiro atoms. The summed E-state index contributed by atoms with van der Waals surface area (Å²) >= 11 is 0. The summed E-state index contributed by atoms with van der Waals surface area (Å²) in [6.07, 6.45) is 3.49. The number of benzene rings is 1. The number of carbonyl (C=O) groups is 1. The standard InChI is InChI=1S/C18H26N4O.2ClH/c1-11(2)9-16(22-18(23)12-7-8-13(19)10-12)17-20-14-5-3-4-6-15(14)21-17;;/h3-6,11-13,16H,7-10,19H2,1-2H3,(H,20,21)(H,22,23);2*1H. The number of imidazole rings is 1. The van der Waals surface area contributed by atoms with Gasteiger partial charge in [-0.2, -0.15) is 0 Å². The second-order valence-corrected chi connectivity index (χ2v) is 7.10. The van der Waals surface area contributed by atoms with E-state index >= 15 is 0 Å². The van der Waals surface area contributed by atoms with Crippen molar-refractivity contribution in [2.45, 2.75) is 51.6 Å². The maximum Gasteiger partial charge on any atom is 0.223 e. The fourth-order valence-corrected chi connectivity index (χ4v) is 3.39. The second-order valence-electron chi connectivity index (χ2n) is 7.10. The number of fused-ring (bicyclic) bond motifs is 1. The fraction of sp³-hybridized carbons (Fsp3) is 0.556. The number of amides is 1. The second kappa shape index (κ2) is 9.41. The van der Waals surface area contributed by atoms with E-state index in [1.807, 2.05) is 24.3 Å². The van der Waals surface area contributed by atoms with Gasteiger partial charge in [-0.05, 0) is 43.7 Å². The third kappa shape index (κ3) is 5.33. The Morgan fingerprint density at radius 1 is 1.32 bits per heavy atom. The molecular weight excluding hydrogens is 359 g/mol. The lowest BCUT2D eigenvalue weighted by molar-refractivity contribution is -0.125. The molecule has 4 N–H and O–H groups in total. The molecule has 0 bridgehead atoms. The Hall–Kier alpha value is -1.30. The molecule has 1 aromatic heterocycles. The summed E-state index contributed by atoms with van der Waals surface area (Å²) in [5, 5.41) is 3.20. The molecule has 1 fully saturated rings. The Morgan fingerprint density at radius 3 is 2.64 bits per heavy atom. The highest BCUT2D eigenvalue weighted by atomic mass is 35.5. The number of hydrogen-bond acceptors (Lipinski definition) is 3. The minimum absolute atomic E-state index is 0. The van der Waals surface area contributed by atoms with Gasteiger partial charge in [0.05, 0.1) is 17.1 Å². The van der Waals surface area contributed by atoms with Gasteiger partial charge >= 0.3 is 0 Å². The van der Waals surface area contributed by atoms with Gasteiger partial charge in [-0.1, -0.05) is 26.0 Å². The van der Waals surface area contributed by atoms with E-state index in [-0.39, 0.29) is 48.7 Å². The lowest BCUT2D eigenvalue weighted by Gasteiger charge is -2.21. The van der Waals surface area contributed by atoms with Gasteiger partial charge in [0.2, 0.25) is 5.91 Å². The highest BCUT2D eigenvalue weighted by Gasteiger charge is 2.30. The number of hydrogen-bond donors (Lipinski definition) is 3. The van der Waals surface area contributed by atoms with E-state index in [1.54, 1.807) is 0 Å². The Balaban J connectivity index is 0.00000156. The summed E-state index contributed by atoms with van der Waals surface area (Å²) < 4.78 is 0. The maximum absolute atomic E-state index is 12.6.